The normalized spacial score (nSPS) is 20.3. The first-order valence-electron chi connectivity index (χ1n) is 5.58. The Morgan fingerprint density at radius 3 is 2.88 bits per heavy atom. The summed E-state index contributed by atoms with van der Waals surface area (Å²) in [6.45, 7) is 0.893. The maximum absolute atomic E-state index is 12.0. The Hall–Kier alpha value is -1.85. The number of carboxylic acids is 1. The lowest BCUT2D eigenvalue weighted by atomic mass is 9.98. The van der Waals surface area contributed by atoms with Crippen LogP contribution in [0.2, 0.25) is 0 Å². The smallest absolute Gasteiger partial charge is 0.308 e. The van der Waals surface area contributed by atoms with Crippen molar-refractivity contribution in [3.8, 4) is 0 Å². The molecule has 6 heteroatoms. The summed E-state index contributed by atoms with van der Waals surface area (Å²) in [5, 5.41) is 8.95. The van der Waals surface area contributed by atoms with Crippen molar-refractivity contribution in [3.05, 3.63) is 18.2 Å². The number of aromatic nitrogens is 2. The molecule has 0 radical (unpaired) electrons. The summed E-state index contributed by atoms with van der Waals surface area (Å²) in [7, 11) is 1.79. The molecular formula is C11H15N3O3. The number of carboxylic acid groups (broad SMARTS) is 1. The minimum Gasteiger partial charge on any atom is -0.481 e. The van der Waals surface area contributed by atoms with Gasteiger partial charge < -0.3 is 14.6 Å². The Kier molecular flexibility index (Phi) is 3.12. The molecule has 0 saturated carbocycles. The molecule has 1 atom stereocenters. The molecule has 2 heterocycles. The van der Waals surface area contributed by atoms with E-state index in [2.05, 4.69) is 4.98 Å². The lowest BCUT2D eigenvalue weighted by Crippen LogP contribution is -2.42. The summed E-state index contributed by atoms with van der Waals surface area (Å²) >= 11 is 0. The summed E-state index contributed by atoms with van der Waals surface area (Å²) < 4.78 is 1.70. The number of imidazole rings is 1. The van der Waals surface area contributed by atoms with E-state index in [-0.39, 0.29) is 12.5 Å². The molecule has 0 bridgehead atoms. The van der Waals surface area contributed by atoms with Gasteiger partial charge in [0, 0.05) is 26.3 Å². The molecule has 0 aromatic carbocycles. The molecule has 17 heavy (non-hydrogen) atoms. The first-order chi connectivity index (χ1) is 8.08. The SMILES string of the molecule is Cn1cnc(C(=O)N2CCC[C@@H](C(=O)O)C2)c1. The van der Waals surface area contributed by atoms with Gasteiger partial charge >= 0.3 is 5.97 Å². The molecule has 1 aliphatic rings. The van der Waals surface area contributed by atoms with Crippen LogP contribution < -0.4 is 0 Å². The van der Waals surface area contributed by atoms with Gasteiger partial charge in [-0.15, -0.1) is 0 Å². The molecule has 6 nitrogen and oxygen atoms in total. The van der Waals surface area contributed by atoms with Crippen molar-refractivity contribution in [1.82, 2.24) is 14.5 Å². The molecule has 1 aliphatic heterocycles. The fourth-order valence-corrected chi connectivity index (χ4v) is 2.05. The number of likely N-dealkylation sites (tertiary alicyclic amines) is 1. The van der Waals surface area contributed by atoms with E-state index in [0.29, 0.717) is 18.7 Å². The topological polar surface area (TPSA) is 75.4 Å². The third-order valence-corrected chi connectivity index (χ3v) is 2.98. The molecule has 0 spiro atoms. The number of carbonyl (C=O) groups excluding carboxylic acids is 1. The maximum atomic E-state index is 12.0. The number of hydrogen-bond acceptors (Lipinski definition) is 3. The number of carbonyl (C=O) groups is 2. The van der Waals surface area contributed by atoms with Crippen LogP contribution in [0.1, 0.15) is 23.3 Å². The minimum absolute atomic E-state index is 0.184. The van der Waals surface area contributed by atoms with Crippen molar-refractivity contribution in [2.24, 2.45) is 13.0 Å². The van der Waals surface area contributed by atoms with Crippen LogP contribution in [0.25, 0.3) is 0 Å². The first kappa shape index (κ1) is 11.6. The molecular weight excluding hydrogens is 222 g/mol. The summed E-state index contributed by atoms with van der Waals surface area (Å²) in [5.74, 6) is -1.46. The van der Waals surface area contributed by atoms with Crippen molar-refractivity contribution < 1.29 is 14.7 Å². The van der Waals surface area contributed by atoms with Gasteiger partial charge in [-0.1, -0.05) is 0 Å². The van der Waals surface area contributed by atoms with Crippen LogP contribution in [0.4, 0.5) is 0 Å². The Morgan fingerprint density at radius 2 is 2.29 bits per heavy atom. The minimum atomic E-state index is -0.830. The second kappa shape index (κ2) is 4.57. The van der Waals surface area contributed by atoms with Crippen LogP contribution in [0.5, 0.6) is 0 Å². The van der Waals surface area contributed by atoms with Crippen LogP contribution in [-0.2, 0) is 11.8 Å². The highest BCUT2D eigenvalue weighted by Crippen LogP contribution is 2.18. The Morgan fingerprint density at radius 1 is 1.53 bits per heavy atom. The Bertz CT molecular complexity index is 441. The van der Waals surface area contributed by atoms with Crippen molar-refractivity contribution in [2.75, 3.05) is 13.1 Å². The molecule has 92 valence electrons. The lowest BCUT2D eigenvalue weighted by Gasteiger charge is -2.30. The highest BCUT2D eigenvalue weighted by molar-refractivity contribution is 5.92. The van der Waals surface area contributed by atoms with E-state index < -0.39 is 11.9 Å². The van der Waals surface area contributed by atoms with Crippen LogP contribution in [0.3, 0.4) is 0 Å². The van der Waals surface area contributed by atoms with E-state index >= 15 is 0 Å². The predicted octanol–water partition coefficient (Wildman–Crippen LogP) is 0.357. The van der Waals surface area contributed by atoms with Gasteiger partial charge in [-0.2, -0.15) is 0 Å². The average Bonchev–Trinajstić information content (AvgIpc) is 2.75. The molecule has 1 fully saturated rings. The zero-order valence-electron chi connectivity index (χ0n) is 9.67. The van der Waals surface area contributed by atoms with Gasteiger partial charge in [0.25, 0.3) is 5.91 Å². The highest BCUT2D eigenvalue weighted by Gasteiger charge is 2.29. The Balaban J connectivity index is 2.07. The molecule has 1 aromatic heterocycles. The average molecular weight is 237 g/mol. The first-order valence-corrected chi connectivity index (χ1v) is 5.58. The summed E-state index contributed by atoms with van der Waals surface area (Å²) in [4.78, 5) is 28.5. The van der Waals surface area contributed by atoms with E-state index in [1.54, 1.807) is 29.0 Å². The third kappa shape index (κ3) is 2.46. The summed E-state index contributed by atoms with van der Waals surface area (Å²) in [6.07, 6.45) is 4.58. The number of piperidine rings is 1. The van der Waals surface area contributed by atoms with E-state index in [1.165, 1.54) is 0 Å². The largest absolute Gasteiger partial charge is 0.481 e. The van der Waals surface area contributed by atoms with Gasteiger partial charge in [0.05, 0.1) is 12.2 Å². The number of aryl methyl sites for hydroxylation is 1. The molecule has 1 aromatic rings. The van der Waals surface area contributed by atoms with E-state index in [4.69, 9.17) is 5.11 Å². The molecule has 1 amide bonds. The van der Waals surface area contributed by atoms with E-state index in [1.807, 2.05) is 0 Å². The molecule has 0 aliphatic carbocycles. The van der Waals surface area contributed by atoms with Crippen molar-refractivity contribution >= 4 is 11.9 Å². The van der Waals surface area contributed by atoms with Gasteiger partial charge in [-0.3, -0.25) is 9.59 Å². The van der Waals surface area contributed by atoms with Gasteiger partial charge in [0.2, 0.25) is 0 Å². The fraction of sp³-hybridized carbons (Fsp3) is 0.545. The maximum Gasteiger partial charge on any atom is 0.308 e. The molecule has 2 rings (SSSR count). The van der Waals surface area contributed by atoms with Crippen LogP contribution >= 0.6 is 0 Å². The van der Waals surface area contributed by atoms with Crippen LogP contribution in [0.15, 0.2) is 12.5 Å². The zero-order chi connectivity index (χ0) is 12.4. The number of nitrogens with zero attached hydrogens (tertiary/aromatic N) is 3. The summed E-state index contributed by atoms with van der Waals surface area (Å²) in [6, 6.07) is 0. The number of amides is 1. The van der Waals surface area contributed by atoms with Crippen LogP contribution in [-0.4, -0.2) is 44.5 Å². The van der Waals surface area contributed by atoms with Crippen molar-refractivity contribution in [2.45, 2.75) is 12.8 Å². The monoisotopic (exact) mass is 237 g/mol. The second-order valence-corrected chi connectivity index (χ2v) is 4.35. The van der Waals surface area contributed by atoms with E-state index in [0.717, 1.165) is 6.42 Å². The van der Waals surface area contributed by atoms with Crippen molar-refractivity contribution in [3.63, 3.8) is 0 Å². The third-order valence-electron chi connectivity index (χ3n) is 2.98. The van der Waals surface area contributed by atoms with Gasteiger partial charge in [0.15, 0.2) is 0 Å². The van der Waals surface area contributed by atoms with Crippen molar-refractivity contribution in [1.29, 1.82) is 0 Å². The lowest BCUT2D eigenvalue weighted by molar-refractivity contribution is -0.143. The number of rotatable bonds is 2. The van der Waals surface area contributed by atoms with Gasteiger partial charge in [0.1, 0.15) is 5.69 Å². The quantitative estimate of drug-likeness (QED) is 0.805. The molecule has 1 N–H and O–H groups in total. The summed E-state index contributed by atoms with van der Waals surface area (Å²) in [5.41, 5.74) is 0.374. The molecule has 0 unspecified atom stereocenters. The predicted molar refractivity (Wildman–Crippen MR) is 59.5 cm³/mol. The Labute approximate surface area is 98.9 Å². The number of aliphatic carboxylic acids is 1. The van der Waals surface area contributed by atoms with Gasteiger partial charge in [-0.05, 0) is 12.8 Å². The standard InChI is InChI=1S/C11H15N3O3/c1-13-6-9(12-7-13)10(15)14-4-2-3-8(5-14)11(16)17/h6-8H,2-5H2,1H3,(H,16,17)/t8-/m1/s1. The highest BCUT2D eigenvalue weighted by atomic mass is 16.4. The van der Waals surface area contributed by atoms with E-state index in [9.17, 15) is 9.59 Å². The van der Waals surface area contributed by atoms with Crippen LogP contribution in [0, 0.1) is 5.92 Å². The zero-order valence-corrected chi connectivity index (χ0v) is 9.67. The fourth-order valence-electron chi connectivity index (χ4n) is 2.05. The number of hydrogen-bond donors (Lipinski definition) is 1. The van der Waals surface area contributed by atoms with Gasteiger partial charge in [-0.25, -0.2) is 4.98 Å². The second-order valence-electron chi connectivity index (χ2n) is 4.35. The molecule has 1 saturated heterocycles.